The Kier molecular flexibility index (Phi) is 7.25. The van der Waals surface area contributed by atoms with Crippen molar-refractivity contribution in [3.8, 4) is 24.7 Å². The number of hydrogen-bond donors (Lipinski definition) is 5. The first-order chi connectivity index (χ1) is 15.0. The predicted molar refractivity (Wildman–Crippen MR) is 108 cm³/mol. The van der Waals surface area contributed by atoms with Gasteiger partial charge >= 0.3 is 11.9 Å². The molecule has 6 N–H and O–H groups in total. The maximum absolute atomic E-state index is 11.6. The van der Waals surface area contributed by atoms with Crippen LogP contribution in [0.25, 0.3) is 11.2 Å². The molecular weight excluding hydrogens is 450 g/mol. The summed E-state index contributed by atoms with van der Waals surface area (Å²) in [6.07, 6.45) is 7.06. The van der Waals surface area contributed by atoms with Crippen molar-refractivity contribution in [1.82, 2.24) is 19.5 Å². The van der Waals surface area contributed by atoms with Crippen LogP contribution in [0, 0.1) is 24.7 Å². The number of carboxylic acids is 2. The summed E-state index contributed by atoms with van der Waals surface area (Å²) < 4.78 is 11.1. The minimum absolute atomic E-state index is 0.0443. The molecule has 2 rings (SSSR count). The Bertz CT molecular complexity index is 1110. The summed E-state index contributed by atoms with van der Waals surface area (Å²) in [6.45, 7) is -0.890. The van der Waals surface area contributed by atoms with Gasteiger partial charge in [0.15, 0.2) is 23.3 Å². The van der Waals surface area contributed by atoms with Crippen LogP contribution >= 0.6 is 11.6 Å². The van der Waals surface area contributed by atoms with Crippen molar-refractivity contribution in [3.63, 3.8) is 0 Å². The zero-order valence-electron chi connectivity index (χ0n) is 16.5. The fourth-order valence-electron chi connectivity index (χ4n) is 2.79. The van der Waals surface area contributed by atoms with Crippen molar-refractivity contribution < 1.29 is 39.5 Å². The van der Waals surface area contributed by atoms with Crippen molar-refractivity contribution in [1.29, 1.82) is 0 Å². The van der Waals surface area contributed by atoms with E-state index >= 15 is 0 Å². The van der Waals surface area contributed by atoms with Crippen LogP contribution in [0.1, 0.15) is 12.6 Å². The fourth-order valence-corrected chi connectivity index (χ4v) is 2.96. The number of carbonyl (C=O) groups is 2. The molecule has 2 aromatic heterocycles. The number of aliphatic carboxylic acids is 2. The van der Waals surface area contributed by atoms with Crippen LogP contribution in [-0.4, -0.2) is 82.9 Å². The number of nitrogens with two attached hydrogens (primary N) is 1. The summed E-state index contributed by atoms with van der Waals surface area (Å²) in [5, 5.41) is 40.3. The van der Waals surface area contributed by atoms with Crippen LogP contribution in [0.5, 0.6) is 0 Å². The normalized spacial score (nSPS) is 15.3. The molecule has 0 aliphatic rings. The third kappa shape index (κ3) is 4.16. The first kappa shape index (κ1) is 24.8. The van der Waals surface area contributed by atoms with Crippen LogP contribution in [-0.2, 0) is 19.1 Å². The number of rotatable bonds is 10. The van der Waals surface area contributed by atoms with E-state index in [1.807, 2.05) is 11.8 Å². The average molecular weight is 468 g/mol. The van der Waals surface area contributed by atoms with Crippen molar-refractivity contribution in [2.24, 2.45) is 0 Å². The first-order valence-corrected chi connectivity index (χ1v) is 8.97. The van der Waals surface area contributed by atoms with Gasteiger partial charge in [0.25, 0.3) is 5.60 Å². The minimum Gasteiger partial charge on any atom is -0.479 e. The largest absolute Gasteiger partial charge is 0.479 e. The summed E-state index contributed by atoms with van der Waals surface area (Å²) >= 11 is 5.78. The molecule has 0 saturated heterocycles. The van der Waals surface area contributed by atoms with Gasteiger partial charge in [0, 0.05) is 7.11 Å². The number of anilines is 1. The number of terminal acetylenes is 2. The summed E-state index contributed by atoms with van der Waals surface area (Å²) in [7, 11) is 1.07. The molecule has 170 valence electrons. The van der Waals surface area contributed by atoms with Crippen molar-refractivity contribution >= 4 is 40.5 Å². The molecule has 0 amide bonds. The van der Waals surface area contributed by atoms with Gasteiger partial charge in [-0.1, -0.05) is 5.92 Å². The van der Waals surface area contributed by atoms with E-state index in [1.54, 1.807) is 0 Å². The number of imidazole rings is 1. The maximum atomic E-state index is 11.6. The summed E-state index contributed by atoms with van der Waals surface area (Å²) in [6, 6.07) is 0. The zero-order valence-corrected chi connectivity index (χ0v) is 17.2. The lowest BCUT2D eigenvalue weighted by Crippen LogP contribution is -2.55. The molecule has 0 saturated carbocycles. The van der Waals surface area contributed by atoms with Gasteiger partial charge in [-0.3, -0.25) is 4.57 Å². The van der Waals surface area contributed by atoms with Crippen LogP contribution in [0.15, 0.2) is 6.33 Å². The maximum Gasteiger partial charge on any atom is 0.348 e. The van der Waals surface area contributed by atoms with Crippen LogP contribution < -0.4 is 5.73 Å². The van der Waals surface area contributed by atoms with E-state index in [-0.39, 0.29) is 22.3 Å². The van der Waals surface area contributed by atoms with E-state index in [9.17, 15) is 30.0 Å². The van der Waals surface area contributed by atoms with Gasteiger partial charge in [-0.15, -0.1) is 18.8 Å². The molecular formula is C18H18ClN5O8. The van der Waals surface area contributed by atoms with Crippen molar-refractivity contribution in [2.75, 3.05) is 19.5 Å². The molecule has 2 aromatic rings. The second-order valence-corrected chi connectivity index (χ2v) is 6.74. The standard InChI is InChI=1S/C18H18ClN5O8/c1-4-6-18(14(26)27,15(28)29)32-7-9(31-3)17(30,5-2)13(25)24-8-21-10-11(20)22-16(19)23-12(10)24/h1-2,8-9,13,25,30H,6-7H2,3H3,(H,26,27)(H,28,29)(H2,20,22,23)/t9-,13-,17-/m1/s1. The lowest BCUT2D eigenvalue weighted by Gasteiger charge is -2.36. The molecule has 0 aromatic carbocycles. The topological polar surface area (TPSA) is 203 Å². The molecule has 3 atom stereocenters. The van der Waals surface area contributed by atoms with Crippen molar-refractivity contribution in [3.05, 3.63) is 11.6 Å². The molecule has 14 heteroatoms. The fraction of sp³-hybridized carbons (Fsp3) is 0.389. The number of carboxylic acid groups (broad SMARTS) is 2. The molecule has 0 aliphatic carbocycles. The highest BCUT2D eigenvalue weighted by atomic mass is 35.5. The first-order valence-electron chi connectivity index (χ1n) is 8.59. The Hall–Kier alpha value is -3.46. The van der Waals surface area contributed by atoms with Gasteiger partial charge in [0.05, 0.1) is 19.4 Å². The lowest BCUT2D eigenvalue weighted by molar-refractivity contribution is -0.201. The Balaban J connectivity index is 2.45. The highest BCUT2D eigenvalue weighted by molar-refractivity contribution is 6.28. The Morgan fingerprint density at radius 2 is 1.97 bits per heavy atom. The number of fused-ring (bicyclic) bond motifs is 1. The number of aliphatic hydroxyl groups is 2. The van der Waals surface area contributed by atoms with E-state index in [4.69, 9.17) is 39.7 Å². The van der Waals surface area contributed by atoms with Gasteiger partial charge in [-0.2, -0.15) is 9.97 Å². The highest BCUT2D eigenvalue weighted by Crippen LogP contribution is 2.31. The van der Waals surface area contributed by atoms with Gasteiger partial charge in [0.2, 0.25) is 5.28 Å². The molecule has 2 heterocycles. The number of ether oxygens (including phenoxy) is 2. The zero-order chi connectivity index (χ0) is 24.3. The number of aliphatic hydroxyl groups excluding tert-OH is 1. The van der Waals surface area contributed by atoms with Crippen LogP contribution in [0.3, 0.4) is 0 Å². The SMILES string of the molecule is C#CCC(OC[C@@H](OC)[C@](O)(C#C)[C@@H](O)n1cnc2c(N)nc(Cl)nc21)(C(=O)O)C(=O)O. The van der Waals surface area contributed by atoms with Gasteiger partial charge in [0.1, 0.15) is 11.6 Å². The number of halogens is 1. The van der Waals surface area contributed by atoms with Gasteiger partial charge in [-0.05, 0) is 11.6 Å². The molecule has 32 heavy (non-hydrogen) atoms. The number of nitrogens with zero attached hydrogens (tertiary/aromatic N) is 4. The summed E-state index contributed by atoms with van der Waals surface area (Å²) in [5.74, 6) is -0.0178. The number of aromatic nitrogens is 4. The smallest absolute Gasteiger partial charge is 0.348 e. The van der Waals surface area contributed by atoms with Crippen LogP contribution in [0.2, 0.25) is 5.28 Å². The van der Waals surface area contributed by atoms with E-state index in [0.717, 1.165) is 18.0 Å². The minimum atomic E-state index is -2.84. The number of hydrogen-bond acceptors (Lipinski definition) is 10. The van der Waals surface area contributed by atoms with E-state index < -0.39 is 48.5 Å². The molecule has 0 fully saturated rings. The third-order valence-electron chi connectivity index (χ3n) is 4.61. The number of nitrogen functional groups attached to an aromatic ring is 1. The highest BCUT2D eigenvalue weighted by Gasteiger charge is 2.51. The Morgan fingerprint density at radius 3 is 2.47 bits per heavy atom. The second-order valence-electron chi connectivity index (χ2n) is 6.40. The Morgan fingerprint density at radius 1 is 1.34 bits per heavy atom. The average Bonchev–Trinajstić information content (AvgIpc) is 3.15. The quantitative estimate of drug-likeness (QED) is 0.160. The molecule has 0 radical (unpaired) electrons. The molecule has 0 bridgehead atoms. The third-order valence-corrected chi connectivity index (χ3v) is 4.78. The van der Waals surface area contributed by atoms with E-state index in [0.29, 0.717) is 0 Å². The summed E-state index contributed by atoms with van der Waals surface area (Å²) in [4.78, 5) is 34.7. The van der Waals surface area contributed by atoms with Gasteiger partial charge in [-0.25, -0.2) is 14.6 Å². The molecule has 0 aliphatic heterocycles. The van der Waals surface area contributed by atoms with Crippen molar-refractivity contribution in [2.45, 2.75) is 30.0 Å². The number of methoxy groups -OCH3 is 1. The van der Waals surface area contributed by atoms with E-state index in [2.05, 4.69) is 15.0 Å². The predicted octanol–water partition coefficient (Wildman–Crippen LogP) is -1.12. The Labute approximate surface area is 185 Å². The van der Waals surface area contributed by atoms with Crippen LogP contribution in [0.4, 0.5) is 5.82 Å². The molecule has 13 nitrogen and oxygen atoms in total. The lowest BCUT2D eigenvalue weighted by atomic mass is 9.94. The monoisotopic (exact) mass is 467 g/mol. The summed E-state index contributed by atoms with van der Waals surface area (Å²) in [5.41, 5.74) is 0.221. The second kappa shape index (κ2) is 9.35. The van der Waals surface area contributed by atoms with E-state index in [1.165, 1.54) is 0 Å². The molecule has 0 unspecified atom stereocenters. The van der Waals surface area contributed by atoms with Gasteiger partial charge < -0.3 is 35.6 Å². The molecule has 0 spiro atoms.